The van der Waals surface area contributed by atoms with E-state index in [0.717, 1.165) is 4.31 Å². The van der Waals surface area contributed by atoms with E-state index in [0.29, 0.717) is 6.42 Å². The van der Waals surface area contributed by atoms with E-state index in [4.69, 9.17) is 10.2 Å². The molecule has 8 nitrogen and oxygen atoms in total. The fourth-order valence-corrected chi connectivity index (χ4v) is 3.79. The molecule has 0 radical (unpaired) electrons. The summed E-state index contributed by atoms with van der Waals surface area (Å²) in [6, 6.07) is 0. The molecule has 1 aliphatic rings. The molecule has 19 heavy (non-hydrogen) atoms. The summed E-state index contributed by atoms with van der Waals surface area (Å²) in [4.78, 5) is 11.1. The lowest BCUT2D eigenvalue weighted by molar-refractivity contribution is 0.0691. The van der Waals surface area contributed by atoms with Crippen molar-refractivity contribution < 1.29 is 23.4 Å². The number of aromatic amines is 1. The van der Waals surface area contributed by atoms with Crippen LogP contribution in [0.3, 0.4) is 0 Å². The molecule has 0 spiro atoms. The Labute approximate surface area is 110 Å². The number of hydrogen-bond acceptors (Lipinski definition) is 5. The summed E-state index contributed by atoms with van der Waals surface area (Å²) in [7, 11) is -3.94. The maximum absolute atomic E-state index is 12.3. The normalized spacial score (nSPS) is 20.8. The number of aromatic carboxylic acids is 1. The quantitative estimate of drug-likeness (QED) is 0.681. The number of aliphatic hydroxyl groups is 1. The van der Waals surface area contributed by atoms with Gasteiger partial charge in [-0.2, -0.15) is 9.40 Å². The third-order valence-electron chi connectivity index (χ3n) is 3.22. The molecule has 1 aromatic heterocycles. The highest BCUT2D eigenvalue weighted by molar-refractivity contribution is 7.89. The molecule has 0 amide bonds. The van der Waals surface area contributed by atoms with Crippen LogP contribution in [0.1, 0.15) is 22.5 Å². The van der Waals surface area contributed by atoms with Crippen LogP contribution in [-0.2, 0) is 10.0 Å². The van der Waals surface area contributed by atoms with Crippen LogP contribution in [0.25, 0.3) is 0 Å². The Bertz CT molecular complexity index is 594. The maximum Gasteiger partial charge on any atom is 0.340 e. The van der Waals surface area contributed by atoms with Crippen molar-refractivity contribution in [2.24, 2.45) is 5.92 Å². The first-order valence-corrected chi connectivity index (χ1v) is 7.21. The predicted octanol–water partition coefficient (Wildman–Crippen LogP) is -0.581. The van der Waals surface area contributed by atoms with Crippen molar-refractivity contribution in [2.45, 2.75) is 18.4 Å². The number of H-pyrrole nitrogens is 1. The molecule has 0 saturated carbocycles. The highest BCUT2D eigenvalue weighted by Crippen LogP contribution is 2.26. The van der Waals surface area contributed by atoms with Gasteiger partial charge in [0, 0.05) is 25.4 Å². The first kappa shape index (κ1) is 14.0. The Morgan fingerprint density at radius 3 is 2.79 bits per heavy atom. The van der Waals surface area contributed by atoms with E-state index in [9.17, 15) is 13.2 Å². The minimum absolute atomic E-state index is 0.0859. The number of nitrogens with one attached hydrogen (secondary N) is 1. The summed E-state index contributed by atoms with van der Waals surface area (Å²) in [5, 5.41) is 23.6. The van der Waals surface area contributed by atoms with Gasteiger partial charge in [-0.1, -0.05) is 0 Å². The van der Waals surface area contributed by atoms with E-state index >= 15 is 0 Å². The highest BCUT2D eigenvalue weighted by Gasteiger charge is 2.37. The molecule has 0 aliphatic carbocycles. The Balaban J connectivity index is 2.38. The van der Waals surface area contributed by atoms with Crippen LogP contribution in [0.5, 0.6) is 0 Å². The Morgan fingerprint density at radius 1 is 1.58 bits per heavy atom. The highest BCUT2D eigenvalue weighted by atomic mass is 32.2. The molecule has 9 heteroatoms. The second-order valence-corrected chi connectivity index (χ2v) is 6.39. The van der Waals surface area contributed by atoms with E-state index < -0.39 is 21.0 Å². The first-order chi connectivity index (χ1) is 8.87. The van der Waals surface area contributed by atoms with Crippen LogP contribution in [-0.4, -0.2) is 58.8 Å². The number of carboxylic acid groups (broad SMARTS) is 1. The van der Waals surface area contributed by atoms with Crippen LogP contribution >= 0.6 is 0 Å². The van der Waals surface area contributed by atoms with E-state index in [1.807, 2.05) is 0 Å². The minimum Gasteiger partial charge on any atom is -0.478 e. The zero-order valence-corrected chi connectivity index (χ0v) is 11.1. The van der Waals surface area contributed by atoms with Gasteiger partial charge in [-0.15, -0.1) is 0 Å². The number of aryl methyl sites for hydroxylation is 1. The Morgan fingerprint density at radius 2 is 2.26 bits per heavy atom. The fraction of sp³-hybridized carbons (Fsp3) is 0.600. The SMILES string of the molecule is Cc1[nH]nc(S(=O)(=O)N2CCC(CO)C2)c1C(=O)O. The second kappa shape index (κ2) is 4.91. The molecular weight excluding hydrogens is 274 g/mol. The Kier molecular flexibility index (Phi) is 3.61. The van der Waals surface area contributed by atoms with E-state index in [1.165, 1.54) is 6.92 Å². The molecule has 1 saturated heterocycles. The van der Waals surface area contributed by atoms with Gasteiger partial charge in [0.1, 0.15) is 5.56 Å². The molecule has 2 heterocycles. The maximum atomic E-state index is 12.3. The molecule has 1 aliphatic heterocycles. The number of hydrogen-bond donors (Lipinski definition) is 3. The largest absolute Gasteiger partial charge is 0.478 e. The second-order valence-electron chi connectivity index (χ2n) is 4.53. The van der Waals surface area contributed by atoms with Crippen molar-refractivity contribution in [3.63, 3.8) is 0 Å². The predicted molar refractivity (Wildman–Crippen MR) is 64.2 cm³/mol. The van der Waals surface area contributed by atoms with Crippen LogP contribution in [0.4, 0.5) is 0 Å². The molecule has 2 rings (SSSR count). The molecule has 106 valence electrons. The van der Waals surface area contributed by atoms with Gasteiger partial charge in [-0.25, -0.2) is 13.2 Å². The average Bonchev–Trinajstić information content (AvgIpc) is 2.94. The van der Waals surface area contributed by atoms with Gasteiger partial charge in [-0.05, 0) is 19.3 Å². The van der Waals surface area contributed by atoms with Crippen LogP contribution in [0.15, 0.2) is 5.03 Å². The van der Waals surface area contributed by atoms with Crippen molar-refractivity contribution in [1.29, 1.82) is 0 Å². The molecule has 0 bridgehead atoms. The van der Waals surface area contributed by atoms with Crippen molar-refractivity contribution in [2.75, 3.05) is 19.7 Å². The van der Waals surface area contributed by atoms with Crippen LogP contribution < -0.4 is 0 Å². The summed E-state index contributed by atoms with van der Waals surface area (Å²) >= 11 is 0. The topological polar surface area (TPSA) is 124 Å². The summed E-state index contributed by atoms with van der Waals surface area (Å²) in [5.41, 5.74) is -0.128. The van der Waals surface area contributed by atoms with Gasteiger partial charge in [0.05, 0.1) is 0 Å². The molecule has 1 fully saturated rings. The Hall–Kier alpha value is -1.45. The molecule has 0 aromatic carbocycles. The lowest BCUT2D eigenvalue weighted by atomic mass is 10.1. The van der Waals surface area contributed by atoms with E-state index in [1.54, 1.807) is 0 Å². The van der Waals surface area contributed by atoms with Crippen molar-refractivity contribution in [1.82, 2.24) is 14.5 Å². The zero-order chi connectivity index (χ0) is 14.2. The number of carbonyl (C=O) groups is 1. The van der Waals surface area contributed by atoms with Crippen molar-refractivity contribution in [3.8, 4) is 0 Å². The smallest absolute Gasteiger partial charge is 0.340 e. The van der Waals surface area contributed by atoms with Gasteiger partial charge in [0.2, 0.25) is 5.03 Å². The molecular formula is C10H15N3O5S. The summed E-state index contributed by atoms with van der Waals surface area (Å²) in [5.74, 6) is -1.44. The number of sulfonamides is 1. The third kappa shape index (κ3) is 2.36. The van der Waals surface area contributed by atoms with Crippen molar-refractivity contribution >= 4 is 16.0 Å². The van der Waals surface area contributed by atoms with Crippen LogP contribution in [0, 0.1) is 12.8 Å². The van der Waals surface area contributed by atoms with Crippen LogP contribution in [0.2, 0.25) is 0 Å². The lowest BCUT2D eigenvalue weighted by Gasteiger charge is -2.14. The number of aliphatic hydroxyl groups excluding tert-OH is 1. The summed E-state index contributed by atoms with van der Waals surface area (Å²) < 4.78 is 25.8. The summed E-state index contributed by atoms with van der Waals surface area (Å²) in [6.07, 6.45) is 0.557. The number of rotatable bonds is 4. The third-order valence-corrected chi connectivity index (χ3v) is 5.01. The first-order valence-electron chi connectivity index (χ1n) is 5.77. The number of carboxylic acids is 1. The van der Waals surface area contributed by atoms with Crippen molar-refractivity contribution in [3.05, 3.63) is 11.3 Å². The molecule has 1 atom stereocenters. The summed E-state index contributed by atoms with van der Waals surface area (Å²) in [6.45, 7) is 1.82. The van der Waals surface area contributed by atoms with Gasteiger partial charge in [-0.3, -0.25) is 5.10 Å². The minimum atomic E-state index is -3.94. The van der Waals surface area contributed by atoms with E-state index in [2.05, 4.69) is 10.2 Å². The molecule has 3 N–H and O–H groups in total. The van der Waals surface area contributed by atoms with E-state index in [-0.39, 0.29) is 36.9 Å². The fourth-order valence-electron chi connectivity index (χ4n) is 2.13. The zero-order valence-electron chi connectivity index (χ0n) is 10.3. The molecule has 1 unspecified atom stereocenters. The number of aromatic nitrogens is 2. The monoisotopic (exact) mass is 289 g/mol. The van der Waals surface area contributed by atoms with Gasteiger partial charge in [0.25, 0.3) is 10.0 Å². The molecule has 1 aromatic rings. The van der Waals surface area contributed by atoms with Gasteiger partial charge >= 0.3 is 5.97 Å². The number of nitrogens with zero attached hydrogens (tertiary/aromatic N) is 2. The van der Waals surface area contributed by atoms with Gasteiger partial charge in [0.15, 0.2) is 0 Å². The standard InChI is InChI=1S/C10H15N3O5S/c1-6-8(10(15)16)9(12-11-6)19(17,18)13-3-2-7(4-13)5-14/h7,14H,2-5H2,1H3,(H,11,12)(H,15,16). The van der Waals surface area contributed by atoms with Gasteiger partial charge < -0.3 is 10.2 Å². The average molecular weight is 289 g/mol. The lowest BCUT2D eigenvalue weighted by Crippen LogP contribution is -2.30.